The van der Waals surface area contributed by atoms with E-state index in [0.717, 1.165) is 18.5 Å². The lowest BCUT2D eigenvalue weighted by Gasteiger charge is -2.09. The topological polar surface area (TPSA) is 82.7 Å². The van der Waals surface area contributed by atoms with Gasteiger partial charge in [-0.15, -0.1) is 0 Å². The predicted octanol–water partition coefficient (Wildman–Crippen LogP) is 3.00. The van der Waals surface area contributed by atoms with Crippen LogP contribution in [-0.2, 0) is 6.42 Å². The Kier molecular flexibility index (Phi) is 5.28. The van der Waals surface area contributed by atoms with Crippen molar-refractivity contribution in [2.75, 3.05) is 18.4 Å². The molecule has 0 atom stereocenters. The summed E-state index contributed by atoms with van der Waals surface area (Å²) in [6.07, 6.45) is 4.17. The standard InChI is InChI=1S/C19H23N5O/c1-13(2)10-22-18-9-17(23-12-24-18)19(25)20-8-7-14-11-21-16-6-4-3-5-15(14)16/h3-6,9,11-13,21H,7-8,10H2,1-2H3,(H,20,25)(H,22,23,24). The Morgan fingerprint density at radius 2 is 2.08 bits per heavy atom. The van der Waals surface area contributed by atoms with Crippen LogP contribution in [0.3, 0.4) is 0 Å². The van der Waals surface area contributed by atoms with E-state index in [1.807, 2.05) is 24.4 Å². The SMILES string of the molecule is CC(C)CNc1cc(C(=O)NCCc2c[nH]c3ccccc23)ncn1. The molecule has 0 saturated heterocycles. The summed E-state index contributed by atoms with van der Waals surface area (Å²) in [7, 11) is 0. The largest absolute Gasteiger partial charge is 0.370 e. The highest BCUT2D eigenvalue weighted by Gasteiger charge is 2.09. The number of fused-ring (bicyclic) bond motifs is 1. The van der Waals surface area contributed by atoms with Crippen molar-refractivity contribution < 1.29 is 4.79 Å². The van der Waals surface area contributed by atoms with Gasteiger partial charge in [-0.25, -0.2) is 9.97 Å². The molecular weight excluding hydrogens is 314 g/mol. The maximum atomic E-state index is 12.3. The van der Waals surface area contributed by atoms with Crippen LogP contribution >= 0.6 is 0 Å². The monoisotopic (exact) mass is 337 g/mol. The molecule has 0 aliphatic rings. The molecule has 1 amide bonds. The molecule has 0 aliphatic carbocycles. The minimum atomic E-state index is -0.185. The number of aromatic amines is 1. The number of hydrogen-bond acceptors (Lipinski definition) is 4. The first-order valence-electron chi connectivity index (χ1n) is 8.52. The zero-order valence-corrected chi connectivity index (χ0v) is 14.5. The third kappa shape index (κ3) is 4.35. The van der Waals surface area contributed by atoms with Gasteiger partial charge in [0.25, 0.3) is 5.91 Å². The van der Waals surface area contributed by atoms with Crippen LogP contribution in [0.4, 0.5) is 5.82 Å². The van der Waals surface area contributed by atoms with Crippen molar-refractivity contribution in [2.24, 2.45) is 5.92 Å². The van der Waals surface area contributed by atoms with Crippen molar-refractivity contribution in [3.05, 3.63) is 54.1 Å². The van der Waals surface area contributed by atoms with E-state index < -0.39 is 0 Å². The average molecular weight is 337 g/mol. The maximum absolute atomic E-state index is 12.3. The summed E-state index contributed by atoms with van der Waals surface area (Å²) in [4.78, 5) is 23.7. The normalized spacial score (nSPS) is 11.0. The first-order chi connectivity index (χ1) is 12.1. The molecule has 2 aromatic heterocycles. The molecule has 6 nitrogen and oxygen atoms in total. The molecule has 6 heteroatoms. The zero-order chi connectivity index (χ0) is 17.6. The highest BCUT2D eigenvalue weighted by atomic mass is 16.1. The third-order valence-corrected chi connectivity index (χ3v) is 3.95. The van der Waals surface area contributed by atoms with Crippen molar-refractivity contribution >= 4 is 22.6 Å². The number of nitrogens with one attached hydrogen (secondary N) is 3. The van der Waals surface area contributed by atoms with Gasteiger partial charge in [0.2, 0.25) is 0 Å². The molecule has 3 rings (SSSR count). The molecule has 0 radical (unpaired) electrons. The number of aromatic nitrogens is 3. The maximum Gasteiger partial charge on any atom is 0.270 e. The Balaban J connectivity index is 1.56. The van der Waals surface area contributed by atoms with E-state index in [0.29, 0.717) is 24.0 Å². The lowest BCUT2D eigenvalue weighted by Crippen LogP contribution is -2.26. The smallest absolute Gasteiger partial charge is 0.270 e. The van der Waals surface area contributed by atoms with Gasteiger partial charge in [-0.3, -0.25) is 4.79 Å². The summed E-state index contributed by atoms with van der Waals surface area (Å²) in [5, 5.41) is 7.32. The molecule has 0 spiro atoms. The van der Waals surface area contributed by atoms with Crippen molar-refractivity contribution in [3.63, 3.8) is 0 Å². The lowest BCUT2D eigenvalue weighted by atomic mass is 10.1. The number of anilines is 1. The number of H-pyrrole nitrogens is 1. The quantitative estimate of drug-likeness (QED) is 0.619. The van der Waals surface area contributed by atoms with Gasteiger partial charge in [0.05, 0.1) is 0 Å². The van der Waals surface area contributed by atoms with E-state index >= 15 is 0 Å². The van der Waals surface area contributed by atoms with Crippen LogP contribution in [0.25, 0.3) is 10.9 Å². The van der Waals surface area contributed by atoms with Gasteiger partial charge < -0.3 is 15.6 Å². The number of nitrogens with zero attached hydrogens (tertiary/aromatic N) is 2. The highest BCUT2D eigenvalue weighted by Crippen LogP contribution is 2.17. The first-order valence-corrected chi connectivity index (χ1v) is 8.52. The van der Waals surface area contributed by atoms with E-state index in [2.05, 4.69) is 45.5 Å². The van der Waals surface area contributed by atoms with Crippen molar-refractivity contribution in [3.8, 4) is 0 Å². The number of para-hydroxylation sites is 1. The van der Waals surface area contributed by atoms with Crippen LogP contribution < -0.4 is 10.6 Å². The molecule has 0 fully saturated rings. The third-order valence-electron chi connectivity index (χ3n) is 3.95. The summed E-state index contributed by atoms with van der Waals surface area (Å²) >= 11 is 0. The van der Waals surface area contributed by atoms with Crippen LogP contribution in [0, 0.1) is 5.92 Å². The summed E-state index contributed by atoms with van der Waals surface area (Å²) in [5.41, 5.74) is 2.68. The fourth-order valence-corrected chi connectivity index (χ4v) is 2.63. The zero-order valence-electron chi connectivity index (χ0n) is 14.5. The molecule has 2 heterocycles. The molecule has 25 heavy (non-hydrogen) atoms. The lowest BCUT2D eigenvalue weighted by molar-refractivity contribution is 0.0949. The molecule has 3 aromatic rings. The Hall–Kier alpha value is -2.89. The molecule has 130 valence electrons. The van der Waals surface area contributed by atoms with Crippen molar-refractivity contribution in [2.45, 2.75) is 20.3 Å². The minimum Gasteiger partial charge on any atom is -0.370 e. The van der Waals surface area contributed by atoms with E-state index in [4.69, 9.17) is 0 Å². The van der Waals surface area contributed by atoms with E-state index in [-0.39, 0.29) is 5.91 Å². The summed E-state index contributed by atoms with van der Waals surface area (Å²) in [5.74, 6) is 0.990. The summed E-state index contributed by atoms with van der Waals surface area (Å²) < 4.78 is 0. The van der Waals surface area contributed by atoms with Gasteiger partial charge in [0.1, 0.15) is 17.8 Å². The second-order valence-corrected chi connectivity index (χ2v) is 6.43. The number of carbonyl (C=O) groups is 1. The number of benzene rings is 1. The van der Waals surface area contributed by atoms with Crippen molar-refractivity contribution in [1.29, 1.82) is 0 Å². The number of carbonyl (C=O) groups excluding carboxylic acids is 1. The Morgan fingerprint density at radius 1 is 1.24 bits per heavy atom. The Morgan fingerprint density at radius 3 is 2.92 bits per heavy atom. The second kappa shape index (κ2) is 7.79. The number of rotatable bonds is 7. The fraction of sp³-hybridized carbons (Fsp3) is 0.316. The summed E-state index contributed by atoms with van der Waals surface area (Å²) in [6, 6.07) is 9.84. The van der Waals surface area contributed by atoms with E-state index in [1.54, 1.807) is 6.07 Å². The molecule has 0 unspecified atom stereocenters. The molecular formula is C19H23N5O. The summed E-state index contributed by atoms with van der Waals surface area (Å²) in [6.45, 7) is 5.59. The minimum absolute atomic E-state index is 0.185. The molecule has 0 saturated carbocycles. The average Bonchev–Trinajstić information content (AvgIpc) is 3.03. The van der Waals surface area contributed by atoms with Crippen LogP contribution in [0.5, 0.6) is 0 Å². The van der Waals surface area contributed by atoms with Crippen LogP contribution in [-0.4, -0.2) is 33.9 Å². The molecule has 1 aromatic carbocycles. The number of amides is 1. The van der Waals surface area contributed by atoms with Gasteiger partial charge in [-0.2, -0.15) is 0 Å². The fourth-order valence-electron chi connectivity index (χ4n) is 2.63. The molecule has 0 aliphatic heterocycles. The van der Waals surface area contributed by atoms with Crippen LogP contribution in [0.15, 0.2) is 42.9 Å². The van der Waals surface area contributed by atoms with Crippen LogP contribution in [0.2, 0.25) is 0 Å². The Labute approximate surface area is 147 Å². The number of hydrogen-bond donors (Lipinski definition) is 3. The van der Waals surface area contributed by atoms with Gasteiger partial charge in [-0.1, -0.05) is 32.0 Å². The molecule has 0 bridgehead atoms. The van der Waals surface area contributed by atoms with Gasteiger partial charge in [0.15, 0.2) is 0 Å². The first kappa shape index (κ1) is 17.0. The van der Waals surface area contributed by atoms with Gasteiger partial charge in [0, 0.05) is 36.3 Å². The van der Waals surface area contributed by atoms with E-state index in [9.17, 15) is 4.79 Å². The van der Waals surface area contributed by atoms with Gasteiger partial charge in [-0.05, 0) is 24.0 Å². The van der Waals surface area contributed by atoms with Gasteiger partial charge >= 0.3 is 0 Å². The van der Waals surface area contributed by atoms with Crippen molar-refractivity contribution in [1.82, 2.24) is 20.3 Å². The predicted molar refractivity (Wildman–Crippen MR) is 99.7 cm³/mol. The Bertz CT molecular complexity index is 856. The molecule has 3 N–H and O–H groups in total. The van der Waals surface area contributed by atoms with Crippen LogP contribution in [0.1, 0.15) is 29.9 Å². The highest BCUT2D eigenvalue weighted by molar-refractivity contribution is 5.92. The second-order valence-electron chi connectivity index (χ2n) is 6.43. The van der Waals surface area contributed by atoms with E-state index in [1.165, 1.54) is 17.3 Å².